The third kappa shape index (κ3) is 2.16. The molecule has 0 aliphatic rings. The minimum Gasteiger partial charge on any atom is -0.327 e. The van der Waals surface area contributed by atoms with Gasteiger partial charge in [0.15, 0.2) is 0 Å². The molecule has 0 bridgehead atoms. The summed E-state index contributed by atoms with van der Waals surface area (Å²) in [6.45, 7) is 4.14. The minimum atomic E-state index is -0.397. The lowest BCUT2D eigenvalue weighted by molar-refractivity contribution is -0.384. The molecule has 0 spiro atoms. The van der Waals surface area contributed by atoms with E-state index in [2.05, 4.69) is 31.0 Å². The van der Waals surface area contributed by atoms with Crippen LogP contribution in [0.2, 0.25) is 0 Å². The number of nitro groups is 1. The standard InChI is InChI=1S/C16H15N3O2/c1-10-8-14-15(9-11(10)2)18(3)16(17-14)12-4-6-13(7-5-12)19(20)21/h4-9H,1-3H3. The molecular weight excluding hydrogens is 266 g/mol. The summed E-state index contributed by atoms with van der Waals surface area (Å²) < 4.78 is 2.02. The second kappa shape index (κ2) is 4.70. The van der Waals surface area contributed by atoms with Crippen LogP contribution in [-0.2, 0) is 7.05 Å². The number of hydrogen-bond acceptors (Lipinski definition) is 3. The summed E-state index contributed by atoms with van der Waals surface area (Å²) in [5.74, 6) is 0.810. The van der Waals surface area contributed by atoms with E-state index < -0.39 is 4.92 Å². The highest BCUT2D eigenvalue weighted by atomic mass is 16.6. The summed E-state index contributed by atoms with van der Waals surface area (Å²) in [5, 5.41) is 10.7. The molecule has 0 unspecified atom stereocenters. The number of aryl methyl sites for hydroxylation is 3. The summed E-state index contributed by atoms with van der Waals surface area (Å²) >= 11 is 0. The zero-order valence-corrected chi connectivity index (χ0v) is 12.1. The predicted octanol–water partition coefficient (Wildman–Crippen LogP) is 3.77. The van der Waals surface area contributed by atoms with Crippen LogP contribution in [-0.4, -0.2) is 14.5 Å². The van der Waals surface area contributed by atoms with Gasteiger partial charge in [0.1, 0.15) is 5.82 Å². The van der Waals surface area contributed by atoms with Gasteiger partial charge >= 0.3 is 0 Å². The SMILES string of the molecule is Cc1cc2nc(-c3ccc([N+](=O)[O-])cc3)n(C)c2cc1C. The number of nitro benzene ring substituents is 1. The van der Waals surface area contributed by atoms with E-state index in [1.54, 1.807) is 12.1 Å². The van der Waals surface area contributed by atoms with Crippen molar-refractivity contribution in [3.8, 4) is 11.4 Å². The lowest BCUT2D eigenvalue weighted by Gasteiger charge is -2.03. The highest BCUT2D eigenvalue weighted by molar-refractivity contribution is 5.82. The van der Waals surface area contributed by atoms with Crippen molar-refractivity contribution in [1.82, 2.24) is 9.55 Å². The summed E-state index contributed by atoms with van der Waals surface area (Å²) in [7, 11) is 1.96. The van der Waals surface area contributed by atoms with Crippen molar-refractivity contribution < 1.29 is 4.92 Å². The highest BCUT2D eigenvalue weighted by Gasteiger charge is 2.12. The molecule has 2 aromatic carbocycles. The molecule has 0 N–H and O–H groups in total. The predicted molar refractivity (Wildman–Crippen MR) is 82.3 cm³/mol. The second-order valence-electron chi connectivity index (χ2n) is 5.22. The lowest BCUT2D eigenvalue weighted by atomic mass is 10.1. The molecule has 0 radical (unpaired) electrons. The van der Waals surface area contributed by atoms with Gasteiger partial charge < -0.3 is 4.57 Å². The summed E-state index contributed by atoms with van der Waals surface area (Å²) in [4.78, 5) is 15.0. The highest BCUT2D eigenvalue weighted by Crippen LogP contribution is 2.27. The molecule has 3 aromatic rings. The van der Waals surface area contributed by atoms with Crippen LogP contribution in [0.1, 0.15) is 11.1 Å². The molecule has 5 nitrogen and oxygen atoms in total. The van der Waals surface area contributed by atoms with Crippen LogP contribution in [0.15, 0.2) is 36.4 Å². The molecule has 0 saturated carbocycles. The van der Waals surface area contributed by atoms with Gasteiger partial charge in [-0.05, 0) is 49.2 Å². The van der Waals surface area contributed by atoms with E-state index in [-0.39, 0.29) is 5.69 Å². The van der Waals surface area contributed by atoms with Gasteiger partial charge in [0, 0.05) is 24.7 Å². The van der Waals surface area contributed by atoms with E-state index in [1.807, 2.05) is 11.6 Å². The maximum absolute atomic E-state index is 10.7. The van der Waals surface area contributed by atoms with Crippen molar-refractivity contribution in [3.05, 3.63) is 57.6 Å². The Morgan fingerprint density at radius 2 is 1.71 bits per heavy atom. The third-order valence-corrected chi connectivity index (χ3v) is 3.83. The Morgan fingerprint density at radius 3 is 2.33 bits per heavy atom. The van der Waals surface area contributed by atoms with Crippen LogP contribution in [0, 0.1) is 24.0 Å². The van der Waals surface area contributed by atoms with Gasteiger partial charge in [-0.3, -0.25) is 10.1 Å². The van der Waals surface area contributed by atoms with Gasteiger partial charge in [-0.25, -0.2) is 4.98 Å². The van der Waals surface area contributed by atoms with E-state index in [1.165, 1.54) is 23.3 Å². The maximum Gasteiger partial charge on any atom is 0.269 e. The molecule has 0 fully saturated rings. The van der Waals surface area contributed by atoms with Crippen LogP contribution >= 0.6 is 0 Å². The van der Waals surface area contributed by atoms with Gasteiger partial charge in [0.25, 0.3) is 5.69 Å². The zero-order chi connectivity index (χ0) is 15.1. The smallest absolute Gasteiger partial charge is 0.269 e. The molecule has 1 aromatic heterocycles. The number of non-ortho nitro benzene ring substituents is 1. The largest absolute Gasteiger partial charge is 0.327 e. The molecule has 5 heteroatoms. The number of imidazole rings is 1. The number of nitrogens with zero attached hydrogens (tertiary/aromatic N) is 3. The Kier molecular flexibility index (Phi) is 2.97. The van der Waals surface area contributed by atoms with Crippen molar-refractivity contribution in [3.63, 3.8) is 0 Å². The van der Waals surface area contributed by atoms with Crippen LogP contribution in [0.4, 0.5) is 5.69 Å². The molecular formula is C16H15N3O2. The molecule has 3 rings (SSSR count). The number of benzene rings is 2. The fourth-order valence-electron chi connectivity index (χ4n) is 2.44. The van der Waals surface area contributed by atoms with E-state index in [0.29, 0.717) is 0 Å². The van der Waals surface area contributed by atoms with Crippen LogP contribution in [0.3, 0.4) is 0 Å². The van der Waals surface area contributed by atoms with Crippen molar-refractivity contribution in [2.24, 2.45) is 7.05 Å². The van der Waals surface area contributed by atoms with Gasteiger partial charge in [-0.15, -0.1) is 0 Å². The van der Waals surface area contributed by atoms with Crippen molar-refractivity contribution in [2.75, 3.05) is 0 Å². The molecule has 0 aliphatic heterocycles. The lowest BCUT2D eigenvalue weighted by Crippen LogP contribution is -1.93. The van der Waals surface area contributed by atoms with Gasteiger partial charge in [-0.1, -0.05) is 0 Å². The fourth-order valence-corrected chi connectivity index (χ4v) is 2.44. The molecule has 0 atom stereocenters. The zero-order valence-electron chi connectivity index (χ0n) is 12.1. The Hall–Kier alpha value is -2.69. The molecule has 0 amide bonds. The maximum atomic E-state index is 10.7. The van der Waals surface area contributed by atoms with Gasteiger partial charge in [-0.2, -0.15) is 0 Å². The van der Waals surface area contributed by atoms with Crippen LogP contribution in [0.25, 0.3) is 22.4 Å². The first-order valence-corrected chi connectivity index (χ1v) is 6.66. The van der Waals surface area contributed by atoms with Crippen molar-refractivity contribution in [1.29, 1.82) is 0 Å². The monoisotopic (exact) mass is 281 g/mol. The number of hydrogen-bond donors (Lipinski definition) is 0. The molecule has 1 heterocycles. The van der Waals surface area contributed by atoms with E-state index in [4.69, 9.17) is 0 Å². The number of fused-ring (bicyclic) bond motifs is 1. The van der Waals surface area contributed by atoms with E-state index in [9.17, 15) is 10.1 Å². The van der Waals surface area contributed by atoms with E-state index >= 15 is 0 Å². The van der Waals surface area contributed by atoms with Crippen LogP contribution < -0.4 is 0 Å². The fraction of sp³-hybridized carbons (Fsp3) is 0.188. The first-order chi connectivity index (χ1) is 9.97. The van der Waals surface area contributed by atoms with E-state index in [0.717, 1.165) is 22.4 Å². The number of aromatic nitrogens is 2. The molecule has 0 saturated heterocycles. The number of rotatable bonds is 2. The Balaban J connectivity index is 2.16. The Labute approximate surface area is 122 Å². The summed E-state index contributed by atoms with van der Waals surface area (Å²) in [6.07, 6.45) is 0. The first-order valence-electron chi connectivity index (χ1n) is 6.66. The Bertz CT molecular complexity index is 848. The average molecular weight is 281 g/mol. The molecule has 106 valence electrons. The van der Waals surface area contributed by atoms with Crippen molar-refractivity contribution >= 4 is 16.7 Å². The first kappa shape index (κ1) is 13.3. The average Bonchev–Trinajstić information content (AvgIpc) is 2.77. The quantitative estimate of drug-likeness (QED) is 0.530. The summed E-state index contributed by atoms with van der Waals surface area (Å²) in [5.41, 5.74) is 5.39. The Morgan fingerprint density at radius 1 is 1.10 bits per heavy atom. The minimum absolute atomic E-state index is 0.0872. The third-order valence-electron chi connectivity index (χ3n) is 3.83. The normalized spacial score (nSPS) is 11.0. The topological polar surface area (TPSA) is 61.0 Å². The summed E-state index contributed by atoms with van der Waals surface area (Å²) in [6, 6.07) is 10.7. The van der Waals surface area contributed by atoms with Gasteiger partial charge in [0.05, 0.1) is 16.0 Å². The second-order valence-corrected chi connectivity index (χ2v) is 5.22. The van der Waals surface area contributed by atoms with Crippen LogP contribution in [0.5, 0.6) is 0 Å². The van der Waals surface area contributed by atoms with Gasteiger partial charge in [0.2, 0.25) is 0 Å². The molecule has 21 heavy (non-hydrogen) atoms. The van der Waals surface area contributed by atoms with Crippen molar-refractivity contribution in [2.45, 2.75) is 13.8 Å². The molecule has 0 aliphatic carbocycles.